The fourth-order valence-electron chi connectivity index (χ4n) is 3.40. The molecule has 2 aliphatic rings. The topological polar surface area (TPSA) is 155 Å². The number of primary amides is 1. The van der Waals surface area contributed by atoms with E-state index in [-0.39, 0.29) is 5.91 Å². The van der Waals surface area contributed by atoms with Gasteiger partial charge in [0, 0.05) is 20.1 Å². The number of nitrogens with two attached hydrogens (primary N) is 1. The van der Waals surface area contributed by atoms with Crippen LogP contribution in [0, 0.1) is 0 Å². The average Bonchev–Trinajstić information content (AvgIpc) is 3.26. The van der Waals surface area contributed by atoms with Crippen molar-refractivity contribution >= 4 is 30.2 Å². The third kappa shape index (κ3) is 5.33. The zero-order valence-corrected chi connectivity index (χ0v) is 16.1. The Morgan fingerprint density at radius 3 is 2.82 bits per heavy atom. The summed E-state index contributed by atoms with van der Waals surface area (Å²) in [7, 11) is 1.63. The molecule has 5 N–H and O–H groups in total. The molecular formula is C17H28N6O5. The van der Waals surface area contributed by atoms with Gasteiger partial charge in [-0.25, -0.2) is 4.79 Å². The number of likely N-dealkylation sites (tertiary alicyclic amines) is 1. The van der Waals surface area contributed by atoms with Gasteiger partial charge in [-0.15, -0.1) is 0 Å². The maximum Gasteiger partial charge on any atom is 0.408 e. The Kier molecular flexibility index (Phi) is 7.59. The van der Waals surface area contributed by atoms with Gasteiger partial charge in [0.25, 0.3) is 0 Å². The van der Waals surface area contributed by atoms with Gasteiger partial charge in [0.15, 0.2) is 0 Å². The molecule has 0 aromatic carbocycles. The normalized spacial score (nSPS) is 25.3. The number of hydrogen-bond donors (Lipinski definition) is 4. The van der Waals surface area contributed by atoms with Crippen molar-refractivity contribution in [1.29, 1.82) is 0 Å². The molecule has 2 heterocycles. The Morgan fingerprint density at radius 1 is 1.46 bits per heavy atom. The summed E-state index contributed by atoms with van der Waals surface area (Å²) >= 11 is 0. The molecule has 4 amide bonds. The highest BCUT2D eigenvalue weighted by Crippen LogP contribution is 2.19. The first-order valence-electron chi connectivity index (χ1n) is 9.36. The molecule has 2 fully saturated rings. The highest BCUT2D eigenvalue weighted by molar-refractivity contribution is 5.94. The number of ether oxygens (including phenoxy) is 1. The summed E-state index contributed by atoms with van der Waals surface area (Å²) < 4.78 is 4.92. The number of nitrogens with one attached hydrogen (secondary N) is 3. The molecule has 0 aromatic rings. The van der Waals surface area contributed by atoms with Crippen LogP contribution < -0.4 is 21.7 Å². The summed E-state index contributed by atoms with van der Waals surface area (Å²) in [6.45, 7) is 2.58. The molecule has 0 saturated carbocycles. The maximum atomic E-state index is 13.0. The Morgan fingerprint density at radius 2 is 2.21 bits per heavy atom. The van der Waals surface area contributed by atoms with Crippen LogP contribution in [0.25, 0.3) is 0 Å². The molecule has 3 unspecified atom stereocenters. The van der Waals surface area contributed by atoms with Gasteiger partial charge in [-0.3, -0.25) is 19.4 Å². The minimum absolute atomic E-state index is 0.350. The van der Waals surface area contributed by atoms with E-state index in [1.807, 2.05) is 0 Å². The molecule has 2 aliphatic heterocycles. The van der Waals surface area contributed by atoms with E-state index in [1.54, 1.807) is 20.3 Å². The van der Waals surface area contributed by atoms with Crippen molar-refractivity contribution in [2.45, 2.75) is 56.8 Å². The molecule has 11 nitrogen and oxygen atoms in total. The first kappa shape index (κ1) is 21.5. The number of carbonyl (C=O) groups excluding carboxylic acids is 4. The molecule has 28 heavy (non-hydrogen) atoms. The van der Waals surface area contributed by atoms with Crippen LogP contribution in [0.4, 0.5) is 4.79 Å². The second kappa shape index (κ2) is 9.90. The van der Waals surface area contributed by atoms with E-state index in [0.29, 0.717) is 38.8 Å². The van der Waals surface area contributed by atoms with E-state index in [4.69, 9.17) is 10.5 Å². The van der Waals surface area contributed by atoms with Crippen LogP contribution in [-0.4, -0.2) is 79.4 Å². The Hall–Kier alpha value is -2.85. The van der Waals surface area contributed by atoms with Gasteiger partial charge >= 0.3 is 6.09 Å². The van der Waals surface area contributed by atoms with Crippen molar-refractivity contribution in [3.63, 3.8) is 0 Å². The van der Waals surface area contributed by atoms with E-state index in [1.165, 1.54) is 4.90 Å². The lowest BCUT2D eigenvalue weighted by Gasteiger charge is -2.28. The van der Waals surface area contributed by atoms with Gasteiger partial charge in [0.05, 0.1) is 6.34 Å². The van der Waals surface area contributed by atoms with E-state index in [9.17, 15) is 19.2 Å². The smallest absolute Gasteiger partial charge is 0.408 e. The van der Waals surface area contributed by atoms with Crippen LogP contribution in [0.2, 0.25) is 0 Å². The third-order valence-electron chi connectivity index (χ3n) is 4.83. The van der Waals surface area contributed by atoms with Gasteiger partial charge in [0.2, 0.25) is 17.7 Å². The van der Waals surface area contributed by atoms with Crippen LogP contribution in [0.15, 0.2) is 4.99 Å². The van der Waals surface area contributed by atoms with Crippen LogP contribution in [0.3, 0.4) is 0 Å². The Labute approximate surface area is 163 Å². The van der Waals surface area contributed by atoms with Crippen molar-refractivity contribution in [2.24, 2.45) is 10.7 Å². The minimum Gasteiger partial charge on any atom is -0.444 e. The molecule has 156 valence electrons. The third-order valence-corrected chi connectivity index (χ3v) is 4.83. The molecule has 0 radical (unpaired) electrons. The van der Waals surface area contributed by atoms with Gasteiger partial charge in [-0.2, -0.15) is 0 Å². The molecule has 11 heteroatoms. The lowest BCUT2D eigenvalue weighted by molar-refractivity contribution is -0.141. The second-order valence-electron chi connectivity index (χ2n) is 6.87. The minimum atomic E-state index is -0.876. The average molecular weight is 396 g/mol. The van der Waals surface area contributed by atoms with Gasteiger partial charge in [-0.1, -0.05) is 0 Å². The Bertz CT molecular complexity index is 640. The fraction of sp³-hybridized carbons (Fsp3) is 0.706. The van der Waals surface area contributed by atoms with Crippen LogP contribution in [0.1, 0.15) is 32.6 Å². The molecule has 0 aliphatic carbocycles. The lowest BCUT2D eigenvalue weighted by atomic mass is 10.1. The molecule has 2 rings (SSSR count). The van der Waals surface area contributed by atoms with Crippen LogP contribution in [-0.2, 0) is 19.1 Å². The summed E-state index contributed by atoms with van der Waals surface area (Å²) in [6.07, 6.45) is 2.36. The van der Waals surface area contributed by atoms with E-state index in [2.05, 4.69) is 20.9 Å². The second-order valence-corrected chi connectivity index (χ2v) is 6.87. The number of carbonyl (C=O) groups is 4. The monoisotopic (exact) mass is 396 g/mol. The predicted molar refractivity (Wildman–Crippen MR) is 100 cm³/mol. The Balaban J connectivity index is 2.05. The van der Waals surface area contributed by atoms with Crippen molar-refractivity contribution in [2.75, 3.05) is 20.1 Å². The summed E-state index contributed by atoms with van der Waals surface area (Å²) in [4.78, 5) is 53.8. The molecule has 0 spiro atoms. The molecule has 4 atom stereocenters. The highest BCUT2D eigenvalue weighted by atomic mass is 16.6. The quantitative estimate of drug-likeness (QED) is 0.211. The predicted octanol–water partition coefficient (Wildman–Crippen LogP) is -1.53. The SMILES string of the molecule is CN=CNCCC[C@H](NC(=O)C1NC(=O)OC1C)C(=O)N1CCCC1C(N)=O. The van der Waals surface area contributed by atoms with Crippen LogP contribution in [0.5, 0.6) is 0 Å². The number of cyclic esters (lactones) is 1. The fourth-order valence-corrected chi connectivity index (χ4v) is 3.40. The number of amides is 4. The van der Waals surface area contributed by atoms with Crippen molar-refractivity contribution in [1.82, 2.24) is 20.9 Å². The van der Waals surface area contributed by atoms with Gasteiger partial charge in [0.1, 0.15) is 24.2 Å². The standard InChI is InChI=1S/C17H28N6O5/c1-10-13(22-17(27)28-10)15(25)21-11(5-3-7-20-9-19-2)16(26)23-8-4-6-12(23)14(18)24/h9-13H,3-8H2,1-2H3,(H2,18,24)(H,19,20)(H,21,25)(H,22,27)/t10?,11-,12?,13?/m0/s1. The van der Waals surface area contributed by atoms with Gasteiger partial charge < -0.3 is 31.3 Å². The first-order valence-corrected chi connectivity index (χ1v) is 9.36. The zero-order valence-electron chi connectivity index (χ0n) is 16.1. The van der Waals surface area contributed by atoms with Crippen LogP contribution >= 0.6 is 0 Å². The summed E-state index contributed by atoms with van der Waals surface area (Å²) in [6, 6.07) is -2.37. The van der Waals surface area contributed by atoms with Crippen molar-refractivity contribution in [3.8, 4) is 0 Å². The molecular weight excluding hydrogens is 368 g/mol. The zero-order chi connectivity index (χ0) is 20.7. The summed E-state index contributed by atoms with van der Waals surface area (Å²) in [5, 5.41) is 8.09. The largest absolute Gasteiger partial charge is 0.444 e. The van der Waals surface area contributed by atoms with Gasteiger partial charge in [-0.05, 0) is 32.6 Å². The molecule has 2 saturated heterocycles. The number of alkyl carbamates (subject to hydrolysis) is 1. The van der Waals surface area contributed by atoms with E-state index >= 15 is 0 Å². The summed E-state index contributed by atoms with van der Waals surface area (Å²) in [5.74, 6) is -1.41. The van der Waals surface area contributed by atoms with E-state index < -0.39 is 42.1 Å². The lowest BCUT2D eigenvalue weighted by Crippen LogP contribution is -2.56. The maximum absolute atomic E-state index is 13.0. The number of nitrogens with zero attached hydrogens (tertiary/aromatic N) is 2. The first-order chi connectivity index (χ1) is 13.3. The molecule has 0 aromatic heterocycles. The number of rotatable bonds is 9. The number of hydrogen-bond acceptors (Lipinski definition) is 6. The van der Waals surface area contributed by atoms with E-state index in [0.717, 1.165) is 0 Å². The van der Waals surface area contributed by atoms with Crippen molar-refractivity contribution < 1.29 is 23.9 Å². The highest BCUT2D eigenvalue weighted by Gasteiger charge is 2.40. The van der Waals surface area contributed by atoms with Crippen molar-refractivity contribution in [3.05, 3.63) is 0 Å². The summed E-state index contributed by atoms with van der Waals surface area (Å²) in [5.41, 5.74) is 5.41. The number of aliphatic imine (C=N–C) groups is 1. The molecule has 0 bridgehead atoms.